The number of thioether (sulfide) groups is 1. The van der Waals surface area contributed by atoms with Gasteiger partial charge in [0.15, 0.2) is 4.34 Å². The second-order valence-corrected chi connectivity index (χ2v) is 7.60. The highest BCUT2D eigenvalue weighted by Gasteiger charge is 2.21. The molecule has 21 heavy (non-hydrogen) atoms. The van der Waals surface area contributed by atoms with Crippen molar-refractivity contribution in [3.8, 4) is 0 Å². The largest absolute Gasteiger partial charge is 0.286 e. The third-order valence-electron chi connectivity index (χ3n) is 2.88. The Bertz CT molecular complexity index is 788. The summed E-state index contributed by atoms with van der Waals surface area (Å²) < 4.78 is 1.89. The van der Waals surface area contributed by atoms with E-state index in [0.29, 0.717) is 5.02 Å². The SMILES string of the molecule is O=C(S)C(Sc1nc2cc(Cl)ccc2s1)c1ccccc1. The van der Waals surface area contributed by atoms with E-state index in [2.05, 4.69) is 17.6 Å². The fourth-order valence-electron chi connectivity index (χ4n) is 1.92. The highest BCUT2D eigenvalue weighted by atomic mass is 35.5. The number of fused-ring (bicyclic) bond motifs is 1. The van der Waals surface area contributed by atoms with Crippen molar-refractivity contribution in [2.24, 2.45) is 0 Å². The lowest BCUT2D eigenvalue weighted by molar-refractivity contribution is -0.110. The summed E-state index contributed by atoms with van der Waals surface area (Å²) >= 11 is 13.0. The molecule has 0 N–H and O–H groups in total. The quantitative estimate of drug-likeness (QED) is 0.515. The van der Waals surface area contributed by atoms with Gasteiger partial charge in [-0.2, -0.15) is 0 Å². The van der Waals surface area contributed by atoms with Gasteiger partial charge in [0.2, 0.25) is 5.12 Å². The molecule has 0 saturated carbocycles. The van der Waals surface area contributed by atoms with E-state index in [1.165, 1.54) is 11.8 Å². The molecule has 3 aromatic rings. The van der Waals surface area contributed by atoms with Crippen molar-refractivity contribution in [2.45, 2.75) is 9.59 Å². The molecule has 2 nitrogen and oxygen atoms in total. The highest BCUT2D eigenvalue weighted by Crippen LogP contribution is 2.40. The van der Waals surface area contributed by atoms with Crippen LogP contribution in [0.5, 0.6) is 0 Å². The molecule has 6 heteroatoms. The van der Waals surface area contributed by atoms with E-state index in [1.54, 1.807) is 11.3 Å². The summed E-state index contributed by atoms with van der Waals surface area (Å²) in [6, 6.07) is 15.2. The molecule has 1 aromatic heterocycles. The Morgan fingerprint density at radius 2 is 2.00 bits per heavy atom. The van der Waals surface area contributed by atoms with Crippen LogP contribution < -0.4 is 0 Å². The van der Waals surface area contributed by atoms with E-state index >= 15 is 0 Å². The molecule has 0 aliphatic heterocycles. The number of aromatic nitrogens is 1. The van der Waals surface area contributed by atoms with Crippen molar-refractivity contribution in [1.29, 1.82) is 0 Å². The van der Waals surface area contributed by atoms with E-state index in [4.69, 9.17) is 11.6 Å². The molecule has 0 fully saturated rings. The van der Waals surface area contributed by atoms with Crippen LogP contribution in [-0.4, -0.2) is 10.1 Å². The summed E-state index contributed by atoms with van der Waals surface area (Å²) in [4.78, 5) is 16.3. The molecule has 1 heterocycles. The number of thiazole rings is 1. The minimum absolute atomic E-state index is 0.177. The fraction of sp³-hybridized carbons (Fsp3) is 0.0667. The maximum absolute atomic E-state index is 11.8. The maximum atomic E-state index is 11.8. The Balaban J connectivity index is 1.93. The molecular formula is C15H10ClNOS3. The van der Waals surface area contributed by atoms with Gasteiger partial charge in [-0.15, -0.1) is 24.0 Å². The van der Waals surface area contributed by atoms with Crippen LogP contribution in [0, 0.1) is 0 Å². The van der Waals surface area contributed by atoms with E-state index < -0.39 is 0 Å². The fourth-order valence-corrected chi connectivity index (χ4v) is 4.57. The van der Waals surface area contributed by atoms with Crippen molar-refractivity contribution >= 4 is 62.7 Å². The van der Waals surface area contributed by atoms with Gasteiger partial charge in [-0.3, -0.25) is 4.79 Å². The number of carbonyl (C=O) groups is 1. The number of benzene rings is 2. The number of rotatable bonds is 4. The zero-order valence-electron chi connectivity index (χ0n) is 10.7. The van der Waals surface area contributed by atoms with Gasteiger partial charge >= 0.3 is 0 Å². The number of thiol groups is 1. The standard InChI is InChI=1S/C15H10ClNOS3/c16-10-6-7-12-11(8-10)17-15(20-12)21-13(14(18)19)9-4-2-1-3-5-9/h1-8,13H,(H,18,19). The number of hydrogen-bond donors (Lipinski definition) is 1. The van der Waals surface area contributed by atoms with Crippen LogP contribution in [0.25, 0.3) is 10.2 Å². The van der Waals surface area contributed by atoms with Crippen LogP contribution >= 0.6 is 47.3 Å². The molecule has 1 atom stereocenters. The third-order valence-corrected chi connectivity index (χ3v) is 5.93. The van der Waals surface area contributed by atoms with Crippen molar-refractivity contribution in [3.05, 3.63) is 59.1 Å². The van der Waals surface area contributed by atoms with Gasteiger partial charge in [0.05, 0.1) is 10.2 Å². The van der Waals surface area contributed by atoms with Gasteiger partial charge in [0, 0.05) is 5.02 Å². The van der Waals surface area contributed by atoms with Crippen molar-refractivity contribution in [3.63, 3.8) is 0 Å². The van der Waals surface area contributed by atoms with Crippen molar-refractivity contribution < 1.29 is 4.79 Å². The first-order valence-electron chi connectivity index (χ1n) is 6.14. The number of carbonyl (C=O) groups excluding carboxylic acids is 1. The van der Waals surface area contributed by atoms with Crippen LogP contribution in [0.2, 0.25) is 5.02 Å². The molecule has 3 rings (SSSR count). The topological polar surface area (TPSA) is 30.0 Å². The number of halogens is 1. The lowest BCUT2D eigenvalue weighted by Crippen LogP contribution is -2.02. The summed E-state index contributed by atoms with van der Waals surface area (Å²) in [6.45, 7) is 0. The second kappa shape index (κ2) is 6.40. The zero-order chi connectivity index (χ0) is 14.8. The molecule has 0 aliphatic carbocycles. The Morgan fingerprint density at radius 3 is 2.71 bits per heavy atom. The van der Waals surface area contributed by atoms with Crippen LogP contribution in [0.1, 0.15) is 10.8 Å². The molecular weight excluding hydrogens is 342 g/mol. The Morgan fingerprint density at radius 1 is 1.24 bits per heavy atom. The first-order valence-corrected chi connectivity index (χ1v) is 8.66. The molecule has 0 saturated heterocycles. The van der Waals surface area contributed by atoms with E-state index in [0.717, 1.165) is 20.1 Å². The molecule has 1 unspecified atom stereocenters. The summed E-state index contributed by atoms with van der Waals surface area (Å²) in [5.74, 6) is 0. The molecule has 0 aliphatic rings. The Hall–Kier alpha value is -1.01. The summed E-state index contributed by atoms with van der Waals surface area (Å²) in [5, 5.41) is 0.128. The highest BCUT2D eigenvalue weighted by molar-refractivity contribution is 8.06. The summed E-state index contributed by atoms with van der Waals surface area (Å²) in [5.41, 5.74) is 1.79. The lowest BCUT2D eigenvalue weighted by atomic mass is 10.2. The van der Waals surface area contributed by atoms with E-state index in [-0.39, 0.29) is 10.4 Å². The third kappa shape index (κ3) is 3.43. The Kier molecular flexibility index (Phi) is 4.54. The smallest absolute Gasteiger partial charge is 0.203 e. The Labute approximate surface area is 141 Å². The predicted molar refractivity (Wildman–Crippen MR) is 93.7 cm³/mol. The molecule has 2 aromatic carbocycles. The van der Waals surface area contributed by atoms with Crippen LogP contribution in [0.4, 0.5) is 0 Å². The van der Waals surface area contributed by atoms with Crippen LogP contribution in [-0.2, 0) is 4.79 Å². The summed E-state index contributed by atoms with van der Waals surface area (Å²) in [7, 11) is 0. The molecule has 0 amide bonds. The average Bonchev–Trinajstić information content (AvgIpc) is 2.87. The van der Waals surface area contributed by atoms with Gasteiger partial charge in [0.1, 0.15) is 5.25 Å². The second-order valence-electron chi connectivity index (χ2n) is 4.34. The minimum Gasteiger partial charge on any atom is -0.286 e. The first kappa shape index (κ1) is 14.9. The minimum atomic E-state index is -0.356. The zero-order valence-corrected chi connectivity index (χ0v) is 14.0. The average molecular weight is 352 g/mol. The van der Waals surface area contributed by atoms with Gasteiger partial charge in [-0.25, -0.2) is 4.98 Å². The van der Waals surface area contributed by atoms with Gasteiger partial charge in [-0.05, 0) is 23.8 Å². The molecule has 0 radical (unpaired) electrons. The van der Waals surface area contributed by atoms with Crippen molar-refractivity contribution in [1.82, 2.24) is 4.98 Å². The van der Waals surface area contributed by atoms with Crippen molar-refractivity contribution in [2.75, 3.05) is 0 Å². The van der Waals surface area contributed by atoms with Crippen LogP contribution in [0.3, 0.4) is 0 Å². The van der Waals surface area contributed by atoms with Gasteiger partial charge in [0.25, 0.3) is 0 Å². The van der Waals surface area contributed by atoms with Crippen LogP contribution in [0.15, 0.2) is 52.9 Å². The van der Waals surface area contributed by atoms with Gasteiger partial charge in [-0.1, -0.05) is 53.7 Å². The normalized spacial score (nSPS) is 12.5. The van der Waals surface area contributed by atoms with E-state index in [9.17, 15) is 4.79 Å². The van der Waals surface area contributed by atoms with E-state index in [1.807, 2.05) is 48.5 Å². The van der Waals surface area contributed by atoms with Gasteiger partial charge < -0.3 is 0 Å². The maximum Gasteiger partial charge on any atom is 0.203 e. The first-order chi connectivity index (χ1) is 10.1. The predicted octanol–water partition coefficient (Wildman–Crippen LogP) is 5.24. The number of hydrogen-bond acceptors (Lipinski definition) is 4. The molecule has 0 bridgehead atoms. The number of nitrogens with zero attached hydrogens (tertiary/aromatic N) is 1. The lowest BCUT2D eigenvalue weighted by Gasteiger charge is -2.10. The summed E-state index contributed by atoms with van der Waals surface area (Å²) in [6.07, 6.45) is 0. The molecule has 0 spiro atoms. The molecule has 106 valence electrons. The monoisotopic (exact) mass is 351 g/mol.